The van der Waals surface area contributed by atoms with Crippen molar-refractivity contribution in [2.75, 3.05) is 19.6 Å². The zero-order valence-electron chi connectivity index (χ0n) is 11.8. The molecule has 0 radical (unpaired) electrons. The Bertz CT molecular complexity index is 178. The molecule has 0 bridgehead atoms. The summed E-state index contributed by atoms with van der Waals surface area (Å²) in [5.74, 6) is 0.675. The predicted octanol–water partition coefficient (Wildman–Crippen LogP) is 2.91. The fourth-order valence-electron chi connectivity index (χ4n) is 2.00. The largest absolute Gasteiger partial charge is 0.316 e. The van der Waals surface area contributed by atoms with Gasteiger partial charge in [-0.25, -0.2) is 0 Å². The smallest absolute Gasteiger partial charge is 0.0166 e. The second-order valence-electron chi connectivity index (χ2n) is 5.00. The van der Waals surface area contributed by atoms with Crippen LogP contribution in [0, 0.1) is 5.92 Å². The Kier molecular flexibility index (Phi) is 8.58. The van der Waals surface area contributed by atoms with Gasteiger partial charge in [0.05, 0.1) is 0 Å². The molecule has 0 rings (SSSR count). The van der Waals surface area contributed by atoms with Gasteiger partial charge >= 0.3 is 0 Å². The molecular formula is C14H30N2. The molecule has 0 saturated carbocycles. The fourth-order valence-corrected chi connectivity index (χ4v) is 2.00. The van der Waals surface area contributed by atoms with Crippen molar-refractivity contribution in [3.8, 4) is 0 Å². The summed E-state index contributed by atoms with van der Waals surface area (Å²) in [5, 5.41) is 3.50. The van der Waals surface area contributed by atoms with Gasteiger partial charge in [0.2, 0.25) is 0 Å². The van der Waals surface area contributed by atoms with Crippen LogP contribution in [0.1, 0.15) is 41.0 Å². The lowest BCUT2D eigenvalue weighted by molar-refractivity contribution is 0.139. The summed E-state index contributed by atoms with van der Waals surface area (Å²) < 4.78 is 0. The molecule has 2 nitrogen and oxygen atoms in total. The normalized spacial score (nSPS) is 15.4. The second-order valence-corrected chi connectivity index (χ2v) is 5.00. The number of rotatable bonds is 9. The summed E-state index contributed by atoms with van der Waals surface area (Å²) in [6.07, 6.45) is 3.21. The maximum absolute atomic E-state index is 3.84. The van der Waals surface area contributed by atoms with Crippen LogP contribution in [0.3, 0.4) is 0 Å². The van der Waals surface area contributed by atoms with Crippen molar-refractivity contribution in [3.05, 3.63) is 12.7 Å². The van der Waals surface area contributed by atoms with E-state index in [1.54, 1.807) is 0 Å². The monoisotopic (exact) mass is 226 g/mol. The van der Waals surface area contributed by atoms with Gasteiger partial charge in [-0.3, -0.25) is 4.90 Å². The minimum absolute atomic E-state index is 0.585. The second kappa shape index (κ2) is 8.77. The zero-order valence-corrected chi connectivity index (χ0v) is 11.8. The van der Waals surface area contributed by atoms with Gasteiger partial charge in [-0.05, 0) is 46.2 Å². The SMILES string of the molecule is C=CCN(C(C)C)C(C)C(C)CNCCC. The van der Waals surface area contributed by atoms with Crippen molar-refractivity contribution in [3.63, 3.8) is 0 Å². The molecule has 96 valence electrons. The van der Waals surface area contributed by atoms with E-state index in [4.69, 9.17) is 0 Å². The first-order valence-corrected chi connectivity index (χ1v) is 6.61. The van der Waals surface area contributed by atoms with Gasteiger partial charge in [-0.2, -0.15) is 0 Å². The molecule has 0 amide bonds. The van der Waals surface area contributed by atoms with Crippen LogP contribution in [0.25, 0.3) is 0 Å². The molecule has 2 atom stereocenters. The Morgan fingerprint density at radius 1 is 1.25 bits per heavy atom. The van der Waals surface area contributed by atoms with Crippen LogP contribution < -0.4 is 5.32 Å². The summed E-state index contributed by atoms with van der Waals surface area (Å²) in [7, 11) is 0. The molecule has 0 aromatic carbocycles. The molecule has 0 aliphatic heterocycles. The van der Waals surface area contributed by atoms with Gasteiger partial charge in [0.15, 0.2) is 0 Å². The molecule has 0 fully saturated rings. The van der Waals surface area contributed by atoms with Crippen molar-refractivity contribution >= 4 is 0 Å². The third-order valence-electron chi connectivity index (χ3n) is 3.24. The number of nitrogens with one attached hydrogen (secondary N) is 1. The van der Waals surface area contributed by atoms with E-state index in [2.05, 4.69) is 51.4 Å². The fraction of sp³-hybridized carbons (Fsp3) is 0.857. The van der Waals surface area contributed by atoms with Gasteiger partial charge < -0.3 is 5.32 Å². The van der Waals surface area contributed by atoms with Crippen molar-refractivity contribution in [1.29, 1.82) is 0 Å². The van der Waals surface area contributed by atoms with Gasteiger partial charge in [0.25, 0.3) is 0 Å². The summed E-state index contributed by atoms with van der Waals surface area (Å²) in [5.41, 5.74) is 0. The lowest BCUT2D eigenvalue weighted by Gasteiger charge is -2.35. The van der Waals surface area contributed by atoms with E-state index >= 15 is 0 Å². The molecular weight excluding hydrogens is 196 g/mol. The molecule has 0 saturated heterocycles. The van der Waals surface area contributed by atoms with E-state index in [9.17, 15) is 0 Å². The quantitative estimate of drug-likeness (QED) is 0.480. The Hall–Kier alpha value is -0.340. The summed E-state index contributed by atoms with van der Waals surface area (Å²) in [4.78, 5) is 2.51. The number of hydrogen-bond acceptors (Lipinski definition) is 2. The summed E-state index contributed by atoms with van der Waals surface area (Å²) >= 11 is 0. The highest BCUT2D eigenvalue weighted by molar-refractivity contribution is 4.82. The molecule has 0 aliphatic rings. The Labute approximate surface area is 102 Å². The third kappa shape index (κ3) is 5.66. The van der Waals surface area contributed by atoms with Crippen molar-refractivity contribution < 1.29 is 0 Å². The molecule has 0 aromatic heterocycles. The lowest BCUT2D eigenvalue weighted by Crippen LogP contribution is -2.45. The summed E-state index contributed by atoms with van der Waals surface area (Å²) in [6, 6.07) is 1.18. The van der Waals surface area contributed by atoms with Crippen LogP contribution in [-0.2, 0) is 0 Å². The molecule has 2 heteroatoms. The van der Waals surface area contributed by atoms with E-state index in [0.29, 0.717) is 18.0 Å². The predicted molar refractivity (Wildman–Crippen MR) is 73.8 cm³/mol. The zero-order chi connectivity index (χ0) is 12.6. The highest BCUT2D eigenvalue weighted by Gasteiger charge is 2.20. The number of nitrogens with zero attached hydrogens (tertiary/aromatic N) is 1. The van der Waals surface area contributed by atoms with E-state index in [1.807, 2.05) is 6.08 Å². The average Bonchev–Trinajstić information content (AvgIpc) is 2.24. The Balaban J connectivity index is 4.13. The van der Waals surface area contributed by atoms with E-state index < -0.39 is 0 Å². The van der Waals surface area contributed by atoms with Gasteiger partial charge in [0.1, 0.15) is 0 Å². The van der Waals surface area contributed by atoms with Gasteiger partial charge in [0, 0.05) is 18.6 Å². The molecule has 16 heavy (non-hydrogen) atoms. The highest BCUT2D eigenvalue weighted by Crippen LogP contribution is 2.13. The maximum Gasteiger partial charge on any atom is 0.0166 e. The molecule has 0 aromatic rings. The minimum atomic E-state index is 0.585. The van der Waals surface area contributed by atoms with Crippen LogP contribution in [0.15, 0.2) is 12.7 Å². The van der Waals surface area contributed by atoms with Crippen LogP contribution in [0.5, 0.6) is 0 Å². The third-order valence-corrected chi connectivity index (χ3v) is 3.24. The first-order valence-electron chi connectivity index (χ1n) is 6.61. The maximum atomic E-state index is 3.84. The van der Waals surface area contributed by atoms with E-state index in [1.165, 1.54) is 6.42 Å². The molecule has 2 unspecified atom stereocenters. The average molecular weight is 226 g/mol. The van der Waals surface area contributed by atoms with Crippen LogP contribution in [0.2, 0.25) is 0 Å². The first kappa shape index (κ1) is 15.7. The van der Waals surface area contributed by atoms with Crippen LogP contribution >= 0.6 is 0 Å². The molecule has 0 spiro atoms. The van der Waals surface area contributed by atoms with E-state index in [-0.39, 0.29) is 0 Å². The first-order chi connectivity index (χ1) is 7.54. The van der Waals surface area contributed by atoms with Crippen LogP contribution in [-0.4, -0.2) is 36.6 Å². The topological polar surface area (TPSA) is 15.3 Å². The van der Waals surface area contributed by atoms with Gasteiger partial charge in [-0.1, -0.05) is 19.9 Å². The lowest BCUT2D eigenvalue weighted by atomic mass is 10.0. The Morgan fingerprint density at radius 2 is 1.88 bits per heavy atom. The number of hydrogen-bond donors (Lipinski definition) is 1. The van der Waals surface area contributed by atoms with Crippen molar-refractivity contribution in [2.45, 2.75) is 53.1 Å². The van der Waals surface area contributed by atoms with E-state index in [0.717, 1.165) is 19.6 Å². The molecule has 1 N–H and O–H groups in total. The van der Waals surface area contributed by atoms with Gasteiger partial charge in [-0.15, -0.1) is 6.58 Å². The molecule has 0 heterocycles. The van der Waals surface area contributed by atoms with Crippen molar-refractivity contribution in [2.24, 2.45) is 5.92 Å². The minimum Gasteiger partial charge on any atom is -0.316 e. The van der Waals surface area contributed by atoms with Crippen molar-refractivity contribution in [1.82, 2.24) is 10.2 Å². The standard InChI is InChI=1S/C14H30N2/c1-7-9-15-11-13(5)14(6)16(10-8-2)12(3)4/h8,12-15H,2,7,9-11H2,1,3-6H3. The Morgan fingerprint density at radius 3 is 2.31 bits per heavy atom. The highest BCUT2D eigenvalue weighted by atomic mass is 15.2. The summed E-state index contributed by atoms with van der Waals surface area (Å²) in [6.45, 7) is 18.4. The van der Waals surface area contributed by atoms with Crippen LogP contribution in [0.4, 0.5) is 0 Å². The molecule has 0 aliphatic carbocycles.